The molecule has 1 aromatic rings. The van der Waals surface area contributed by atoms with Crippen LogP contribution in [0.15, 0.2) is 6.20 Å². The Labute approximate surface area is 188 Å². The first kappa shape index (κ1) is 21.9. The van der Waals surface area contributed by atoms with Gasteiger partial charge in [-0.3, -0.25) is 10.1 Å². The molecule has 1 aromatic heterocycles. The highest BCUT2D eigenvalue weighted by molar-refractivity contribution is 7.19. The largest absolute Gasteiger partial charge is 0.342 e. The molecule has 0 atom stereocenters. The van der Waals surface area contributed by atoms with Gasteiger partial charge in [0, 0.05) is 31.1 Å². The van der Waals surface area contributed by atoms with Gasteiger partial charge in [-0.15, -0.1) is 0 Å². The van der Waals surface area contributed by atoms with Gasteiger partial charge in [0.1, 0.15) is 4.34 Å². The van der Waals surface area contributed by atoms with Gasteiger partial charge in [0.15, 0.2) is 5.13 Å². The van der Waals surface area contributed by atoms with Crippen LogP contribution in [0.25, 0.3) is 0 Å². The number of thiazole rings is 1. The van der Waals surface area contributed by atoms with Crippen LogP contribution in [0.1, 0.15) is 71.1 Å². The summed E-state index contributed by atoms with van der Waals surface area (Å²) in [4.78, 5) is 34.4. The number of piperidine rings is 1. The normalized spacial score (nSPS) is 26.0. The van der Waals surface area contributed by atoms with E-state index in [4.69, 9.17) is 11.6 Å². The number of urea groups is 1. The molecule has 3 aliphatic rings. The third-order valence-corrected chi connectivity index (χ3v) is 8.21. The molecule has 0 spiro atoms. The lowest BCUT2D eigenvalue weighted by Gasteiger charge is -2.44. The van der Waals surface area contributed by atoms with Crippen LogP contribution in [0.2, 0.25) is 4.34 Å². The van der Waals surface area contributed by atoms with Crippen LogP contribution in [0.3, 0.4) is 0 Å². The smallest absolute Gasteiger partial charge is 0.324 e. The molecule has 3 amide bonds. The SMILES string of the molecule is C[C@H]1CC[C@H](N(C(=O)Nc2ncc(Cl)s2)C2CCN(C(=O)C3CCCC3)CC2)CC1. The molecule has 1 saturated heterocycles. The van der Waals surface area contributed by atoms with Crippen molar-refractivity contribution in [2.24, 2.45) is 11.8 Å². The van der Waals surface area contributed by atoms with Crippen LogP contribution in [-0.2, 0) is 4.79 Å². The monoisotopic (exact) mass is 452 g/mol. The molecule has 8 heteroatoms. The van der Waals surface area contributed by atoms with Crippen LogP contribution in [0.5, 0.6) is 0 Å². The number of nitrogens with zero attached hydrogens (tertiary/aromatic N) is 3. The molecule has 1 N–H and O–H groups in total. The second-order valence-corrected chi connectivity index (χ2v) is 10.9. The summed E-state index contributed by atoms with van der Waals surface area (Å²) < 4.78 is 0.571. The molecule has 2 aliphatic carbocycles. The summed E-state index contributed by atoms with van der Waals surface area (Å²) in [6.07, 6.45) is 12.2. The average molecular weight is 453 g/mol. The fraction of sp³-hybridized carbons (Fsp3) is 0.773. The minimum absolute atomic E-state index is 0.0684. The Morgan fingerprint density at radius 3 is 2.30 bits per heavy atom. The maximum absolute atomic E-state index is 13.3. The van der Waals surface area contributed by atoms with Crippen molar-refractivity contribution < 1.29 is 9.59 Å². The summed E-state index contributed by atoms with van der Waals surface area (Å²) in [6, 6.07) is 0.367. The molecule has 166 valence electrons. The van der Waals surface area contributed by atoms with Crippen molar-refractivity contribution in [2.45, 2.75) is 83.2 Å². The summed E-state index contributed by atoms with van der Waals surface area (Å²) in [5, 5.41) is 3.53. The van der Waals surface area contributed by atoms with Crippen molar-refractivity contribution in [3.8, 4) is 0 Å². The lowest BCUT2D eigenvalue weighted by atomic mass is 9.85. The maximum Gasteiger partial charge on any atom is 0.324 e. The summed E-state index contributed by atoms with van der Waals surface area (Å²) in [5.41, 5.74) is 0. The molecule has 2 saturated carbocycles. The van der Waals surface area contributed by atoms with Crippen molar-refractivity contribution in [1.29, 1.82) is 0 Å². The van der Waals surface area contributed by atoms with Crippen molar-refractivity contribution in [3.63, 3.8) is 0 Å². The zero-order chi connectivity index (χ0) is 21.1. The molecule has 1 aliphatic heterocycles. The van der Waals surface area contributed by atoms with Gasteiger partial charge in [0.25, 0.3) is 0 Å². The quantitative estimate of drug-likeness (QED) is 0.665. The van der Waals surface area contributed by atoms with E-state index in [0.29, 0.717) is 15.4 Å². The second-order valence-electron chi connectivity index (χ2n) is 9.26. The summed E-state index contributed by atoms with van der Waals surface area (Å²) in [6.45, 7) is 3.82. The zero-order valence-corrected chi connectivity index (χ0v) is 19.4. The number of rotatable bonds is 4. The fourth-order valence-electron chi connectivity index (χ4n) is 5.41. The number of amides is 3. The van der Waals surface area contributed by atoms with Crippen LogP contribution < -0.4 is 5.32 Å². The molecule has 6 nitrogen and oxygen atoms in total. The highest BCUT2D eigenvalue weighted by Gasteiger charge is 2.37. The van der Waals surface area contributed by atoms with Gasteiger partial charge in [-0.25, -0.2) is 9.78 Å². The number of hydrogen-bond donors (Lipinski definition) is 1. The minimum atomic E-state index is -0.0684. The van der Waals surface area contributed by atoms with Gasteiger partial charge in [-0.2, -0.15) is 0 Å². The van der Waals surface area contributed by atoms with E-state index in [1.807, 2.05) is 4.90 Å². The number of aromatic nitrogens is 1. The Bertz CT molecular complexity index is 735. The van der Waals surface area contributed by atoms with Crippen LogP contribution in [0.4, 0.5) is 9.93 Å². The third kappa shape index (κ3) is 5.10. The number of likely N-dealkylation sites (tertiary alicyclic amines) is 1. The number of carbonyl (C=O) groups excluding carboxylic acids is 2. The highest BCUT2D eigenvalue weighted by Crippen LogP contribution is 2.33. The number of halogens is 1. The van der Waals surface area contributed by atoms with Crippen LogP contribution >= 0.6 is 22.9 Å². The topological polar surface area (TPSA) is 65.5 Å². The number of hydrogen-bond acceptors (Lipinski definition) is 4. The molecule has 0 unspecified atom stereocenters. The Balaban J connectivity index is 1.41. The van der Waals surface area contributed by atoms with Gasteiger partial charge < -0.3 is 9.80 Å². The van der Waals surface area contributed by atoms with Gasteiger partial charge in [0.05, 0.1) is 6.20 Å². The average Bonchev–Trinajstić information content (AvgIpc) is 3.42. The third-order valence-electron chi connectivity index (χ3n) is 7.18. The van der Waals surface area contributed by atoms with Gasteiger partial charge >= 0.3 is 6.03 Å². The highest BCUT2D eigenvalue weighted by atomic mass is 35.5. The first-order chi connectivity index (χ1) is 14.5. The van der Waals surface area contributed by atoms with Crippen molar-refractivity contribution in [1.82, 2.24) is 14.8 Å². The molecule has 30 heavy (non-hydrogen) atoms. The first-order valence-electron chi connectivity index (χ1n) is 11.5. The minimum Gasteiger partial charge on any atom is -0.342 e. The summed E-state index contributed by atoms with van der Waals surface area (Å²) in [5.74, 6) is 1.30. The Morgan fingerprint density at radius 2 is 1.70 bits per heavy atom. The molecule has 0 radical (unpaired) electrons. The van der Waals surface area contributed by atoms with Gasteiger partial charge in [-0.05, 0) is 57.3 Å². The number of carbonyl (C=O) groups is 2. The molecule has 4 rings (SSSR count). The first-order valence-corrected chi connectivity index (χ1v) is 12.7. The van der Waals surface area contributed by atoms with E-state index in [1.54, 1.807) is 6.20 Å². The van der Waals surface area contributed by atoms with E-state index < -0.39 is 0 Å². The molecular formula is C22H33ClN4O2S. The predicted octanol–water partition coefficient (Wildman–Crippen LogP) is 5.39. The van der Waals surface area contributed by atoms with Crippen molar-refractivity contribution >= 4 is 40.0 Å². The Morgan fingerprint density at radius 1 is 1.07 bits per heavy atom. The van der Waals surface area contributed by atoms with E-state index in [9.17, 15) is 9.59 Å². The van der Waals surface area contributed by atoms with Crippen LogP contribution in [0, 0.1) is 11.8 Å². The van der Waals surface area contributed by atoms with E-state index in [2.05, 4.69) is 22.1 Å². The fourth-order valence-corrected chi connectivity index (χ4v) is 6.22. The molecule has 0 bridgehead atoms. The van der Waals surface area contributed by atoms with Crippen molar-refractivity contribution in [2.75, 3.05) is 18.4 Å². The molecular weight excluding hydrogens is 420 g/mol. The predicted molar refractivity (Wildman–Crippen MR) is 121 cm³/mol. The summed E-state index contributed by atoms with van der Waals surface area (Å²) >= 11 is 7.28. The standard InChI is InChI=1S/C22H33ClN4O2S/c1-15-6-8-17(9-7-15)27(22(29)25-21-24-14-19(23)30-21)18-10-12-26(13-11-18)20(28)16-4-2-3-5-16/h14-18H,2-13H2,1H3,(H,24,25,29)/t15-,17-. The molecule has 2 heterocycles. The second kappa shape index (κ2) is 9.86. The maximum atomic E-state index is 13.3. The van der Waals surface area contributed by atoms with Crippen LogP contribution in [-0.4, -0.2) is 51.9 Å². The van der Waals surface area contributed by atoms with E-state index in [1.165, 1.54) is 24.2 Å². The van der Waals surface area contributed by atoms with E-state index >= 15 is 0 Å². The Hall–Kier alpha value is -1.34. The summed E-state index contributed by atoms with van der Waals surface area (Å²) in [7, 11) is 0. The number of nitrogens with one attached hydrogen (secondary N) is 1. The zero-order valence-electron chi connectivity index (χ0n) is 17.8. The Kier molecular flexibility index (Phi) is 7.19. The lowest BCUT2D eigenvalue weighted by molar-refractivity contribution is -0.136. The van der Waals surface area contributed by atoms with Crippen molar-refractivity contribution in [3.05, 3.63) is 10.5 Å². The van der Waals surface area contributed by atoms with Gasteiger partial charge in [0.2, 0.25) is 5.91 Å². The number of anilines is 1. The lowest BCUT2D eigenvalue weighted by Crippen LogP contribution is -2.54. The molecule has 0 aromatic carbocycles. The van der Waals surface area contributed by atoms with Gasteiger partial charge in [-0.1, -0.05) is 42.7 Å². The van der Waals surface area contributed by atoms with E-state index in [-0.39, 0.29) is 24.0 Å². The molecule has 3 fully saturated rings. The van der Waals surface area contributed by atoms with E-state index in [0.717, 1.165) is 70.4 Å².